The Morgan fingerprint density at radius 2 is 1.86 bits per heavy atom. The molecule has 1 N–H and O–H groups in total. The highest BCUT2D eigenvalue weighted by molar-refractivity contribution is 7.19. The molecule has 6 heteroatoms. The predicted octanol–water partition coefficient (Wildman–Crippen LogP) is 4.79. The van der Waals surface area contributed by atoms with Gasteiger partial charge in [0.05, 0.1) is 5.39 Å². The van der Waals surface area contributed by atoms with Crippen LogP contribution in [0.3, 0.4) is 0 Å². The second kappa shape index (κ2) is 7.76. The van der Waals surface area contributed by atoms with Gasteiger partial charge in [-0.05, 0) is 61.8 Å². The number of aryl methyl sites for hydroxylation is 2. The molecule has 146 valence electrons. The summed E-state index contributed by atoms with van der Waals surface area (Å²) in [6.45, 7) is 2.98. The zero-order valence-corrected chi connectivity index (χ0v) is 16.8. The van der Waals surface area contributed by atoms with Crippen LogP contribution in [0.5, 0.6) is 0 Å². The number of anilines is 1. The van der Waals surface area contributed by atoms with Crippen molar-refractivity contribution in [3.63, 3.8) is 0 Å². The number of rotatable bonds is 4. The number of thiophene rings is 1. The number of benzene rings is 1. The van der Waals surface area contributed by atoms with Crippen molar-refractivity contribution in [1.82, 2.24) is 14.9 Å². The maximum atomic E-state index is 13.1. The molecule has 1 saturated heterocycles. The Bertz CT molecular complexity index is 961. The smallest absolute Gasteiger partial charge is 0.138 e. The van der Waals surface area contributed by atoms with Crippen molar-refractivity contribution in [1.29, 1.82) is 0 Å². The predicted molar refractivity (Wildman–Crippen MR) is 112 cm³/mol. The van der Waals surface area contributed by atoms with Crippen molar-refractivity contribution in [2.24, 2.45) is 0 Å². The molecule has 1 aliphatic heterocycles. The van der Waals surface area contributed by atoms with Crippen molar-refractivity contribution < 1.29 is 4.39 Å². The molecule has 4 nitrogen and oxygen atoms in total. The summed E-state index contributed by atoms with van der Waals surface area (Å²) < 4.78 is 13.1. The van der Waals surface area contributed by atoms with Crippen LogP contribution in [0.25, 0.3) is 10.2 Å². The third kappa shape index (κ3) is 3.63. The van der Waals surface area contributed by atoms with Crippen LogP contribution in [-0.4, -0.2) is 34.0 Å². The molecule has 5 rings (SSSR count). The lowest BCUT2D eigenvalue weighted by atomic mass is 9.96. The molecule has 0 atom stereocenters. The Morgan fingerprint density at radius 3 is 2.68 bits per heavy atom. The Balaban J connectivity index is 1.25. The van der Waals surface area contributed by atoms with Gasteiger partial charge < -0.3 is 5.32 Å². The lowest BCUT2D eigenvalue weighted by Gasteiger charge is -2.32. The first-order chi connectivity index (χ1) is 13.8. The van der Waals surface area contributed by atoms with Crippen LogP contribution >= 0.6 is 11.3 Å². The van der Waals surface area contributed by atoms with E-state index < -0.39 is 0 Å². The van der Waals surface area contributed by atoms with E-state index in [4.69, 9.17) is 0 Å². The van der Waals surface area contributed by atoms with Crippen LogP contribution in [0.2, 0.25) is 0 Å². The Labute approximate surface area is 168 Å². The van der Waals surface area contributed by atoms with E-state index in [2.05, 4.69) is 20.2 Å². The molecule has 1 aromatic carbocycles. The Kier molecular flexibility index (Phi) is 4.99. The zero-order valence-electron chi connectivity index (χ0n) is 16.0. The molecule has 0 saturated carbocycles. The molecule has 2 aromatic heterocycles. The highest BCUT2D eigenvalue weighted by Gasteiger charge is 2.23. The fourth-order valence-electron chi connectivity index (χ4n) is 4.48. The van der Waals surface area contributed by atoms with E-state index in [1.165, 1.54) is 40.7 Å². The average molecular weight is 397 g/mol. The lowest BCUT2D eigenvalue weighted by Crippen LogP contribution is -2.38. The monoisotopic (exact) mass is 396 g/mol. The molecule has 0 bridgehead atoms. The summed E-state index contributed by atoms with van der Waals surface area (Å²) in [6.07, 6.45) is 8.82. The van der Waals surface area contributed by atoms with Crippen molar-refractivity contribution >= 4 is 27.4 Å². The van der Waals surface area contributed by atoms with Crippen molar-refractivity contribution in [2.45, 2.75) is 51.1 Å². The van der Waals surface area contributed by atoms with Gasteiger partial charge in [0.2, 0.25) is 0 Å². The third-order valence-electron chi connectivity index (χ3n) is 6.00. The van der Waals surface area contributed by atoms with Gasteiger partial charge in [-0.1, -0.05) is 12.1 Å². The number of hydrogen-bond acceptors (Lipinski definition) is 5. The highest BCUT2D eigenvalue weighted by Crippen LogP contribution is 2.38. The van der Waals surface area contributed by atoms with Gasteiger partial charge in [0.15, 0.2) is 0 Å². The molecule has 2 aliphatic rings. The number of halogens is 1. The van der Waals surface area contributed by atoms with Crippen LogP contribution in [0.4, 0.5) is 10.2 Å². The average Bonchev–Trinajstić information content (AvgIpc) is 3.11. The molecule has 1 aliphatic carbocycles. The number of hydrogen-bond donors (Lipinski definition) is 1. The van der Waals surface area contributed by atoms with Gasteiger partial charge in [0.1, 0.15) is 22.8 Å². The molecule has 0 unspecified atom stereocenters. The maximum absolute atomic E-state index is 13.1. The molecule has 28 heavy (non-hydrogen) atoms. The van der Waals surface area contributed by atoms with Gasteiger partial charge >= 0.3 is 0 Å². The van der Waals surface area contributed by atoms with Crippen molar-refractivity contribution in [3.05, 3.63) is 52.4 Å². The van der Waals surface area contributed by atoms with Crippen LogP contribution in [0.15, 0.2) is 30.6 Å². The number of nitrogens with zero attached hydrogens (tertiary/aromatic N) is 3. The second-order valence-corrected chi connectivity index (χ2v) is 9.02. The normalized spacial score (nSPS) is 18.3. The number of fused-ring (bicyclic) bond motifs is 3. The summed E-state index contributed by atoms with van der Waals surface area (Å²) in [5.41, 5.74) is 2.67. The first-order valence-electron chi connectivity index (χ1n) is 10.2. The first kappa shape index (κ1) is 18.0. The molecule has 0 radical (unpaired) electrons. The van der Waals surface area contributed by atoms with E-state index in [0.717, 1.165) is 49.5 Å². The van der Waals surface area contributed by atoms with Crippen LogP contribution in [0.1, 0.15) is 41.7 Å². The van der Waals surface area contributed by atoms with Crippen molar-refractivity contribution in [3.8, 4) is 0 Å². The molecule has 0 amide bonds. The standard InChI is InChI=1S/C22H25FN4S/c23-16-7-5-15(6-8-16)13-27-11-9-17(10-12-27)26-21-20-18-3-1-2-4-19(18)28-22(20)25-14-24-21/h5-8,14,17H,1-4,9-13H2,(H,24,25,26). The van der Waals surface area contributed by atoms with E-state index in [9.17, 15) is 4.39 Å². The van der Waals surface area contributed by atoms with Gasteiger partial charge in [0, 0.05) is 30.6 Å². The first-order valence-corrected chi connectivity index (χ1v) is 11.1. The van der Waals surface area contributed by atoms with Crippen molar-refractivity contribution in [2.75, 3.05) is 18.4 Å². The second-order valence-electron chi connectivity index (χ2n) is 7.93. The number of nitrogens with one attached hydrogen (secondary N) is 1. The molecule has 3 heterocycles. The van der Waals surface area contributed by atoms with E-state index in [0.29, 0.717) is 6.04 Å². The number of piperidine rings is 1. The SMILES string of the molecule is Fc1ccc(CN2CCC(Nc3ncnc4sc5c(c34)CCCC5)CC2)cc1. The summed E-state index contributed by atoms with van der Waals surface area (Å²) in [5, 5.41) is 5.01. The Hall–Kier alpha value is -2.05. The van der Waals surface area contributed by atoms with E-state index >= 15 is 0 Å². The number of likely N-dealkylation sites (tertiary alicyclic amines) is 1. The van der Waals surface area contributed by atoms with Crippen LogP contribution < -0.4 is 5.32 Å². The molecule has 3 aromatic rings. The van der Waals surface area contributed by atoms with E-state index in [-0.39, 0.29) is 5.82 Å². The van der Waals surface area contributed by atoms with Gasteiger partial charge in [-0.3, -0.25) is 4.90 Å². The van der Waals surface area contributed by atoms with Gasteiger partial charge in [-0.15, -0.1) is 11.3 Å². The summed E-state index contributed by atoms with van der Waals surface area (Å²) in [5.74, 6) is 0.861. The summed E-state index contributed by atoms with van der Waals surface area (Å²) >= 11 is 1.85. The maximum Gasteiger partial charge on any atom is 0.138 e. The van der Waals surface area contributed by atoms with Crippen LogP contribution in [-0.2, 0) is 19.4 Å². The molecule has 1 fully saturated rings. The topological polar surface area (TPSA) is 41.0 Å². The minimum Gasteiger partial charge on any atom is -0.367 e. The lowest BCUT2D eigenvalue weighted by molar-refractivity contribution is 0.211. The molecular formula is C22H25FN4S. The fraction of sp³-hybridized carbons (Fsp3) is 0.455. The van der Waals surface area contributed by atoms with E-state index in [1.54, 1.807) is 18.5 Å². The van der Waals surface area contributed by atoms with Gasteiger partial charge in [-0.2, -0.15) is 0 Å². The summed E-state index contributed by atoms with van der Waals surface area (Å²) in [6, 6.07) is 7.31. The minimum absolute atomic E-state index is 0.168. The molecule has 0 spiro atoms. The van der Waals surface area contributed by atoms with Crippen LogP contribution in [0, 0.1) is 5.82 Å². The minimum atomic E-state index is -0.168. The molecular weight excluding hydrogens is 371 g/mol. The fourth-order valence-corrected chi connectivity index (χ4v) is 5.71. The zero-order chi connectivity index (χ0) is 18.9. The largest absolute Gasteiger partial charge is 0.367 e. The highest BCUT2D eigenvalue weighted by atomic mass is 32.1. The number of aromatic nitrogens is 2. The quantitative estimate of drug-likeness (QED) is 0.689. The Morgan fingerprint density at radius 1 is 1.07 bits per heavy atom. The summed E-state index contributed by atoms with van der Waals surface area (Å²) in [4.78, 5) is 14.3. The third-order valence-corrected chi connectivity index (χ3v) is 7.20. The van der Waals surface area contributed by atoms with E-state index in [1.807, 2.05) is 23.5 Å². The van der Waals surface area contributed by atoms with Gasteiger partial charge in [0.25, 0.3) is 0 Å². The van der Waals surface area contributed by atoms with Gasteiger partial charge in [-0.25, -0.2) is 14.4 Å². The summed E-state index contributed by atoms with van der Waals surface area (Å²) in [7, 11) is 0.